The molecule has 2 fully saturated rings. The lowest BCUT2D eigenvalue weighted by atomic mass is 9.97. The van der Waals surface area contributed by atoms with E-state index in [1.54, 1.807) is 25.3 Å². The molecule has 1 aromatic carbocycles. The molecular formula is C35H50N6O11. The first-order valence-electron chi connectivity index (χ1n) is 17.6. The van der Waals surface area contributed by atoms with E-state index in [9.17, 15) is 39.6 Å². The molecule has 17 nitrogen and oxygen atoms in total. The van der Waals surface area contributed by atoms with Crippen molar-refractivity contribution in [3.63, 3.8) is 0 Å². The number of likely N-dealkylation sites (N-methyl/N-ethyl adjacent to an activating group) is 2. The fourth-order valence-electron chi connectivity index (χ4n) is 6.83. The van der Waals surface area contributed by atoms with Crippen LogP contribution in [0.25, 0.3) is 0 Å². The number of benzene rings is 1. The SMILES string of the molecule is CCCCCCCc1ccc(NC(=O)C2=CCN(C)[C@@H]([C@H](OC3OC(CN)C(O)C3O)C3OC(n4ccc(=O)[nH]c4=O)C(O)C3O)C(=O)N2C)cc1. The molecule has 0 bridgehead atoms. The summed E-state index contributed by atoms with van der Waals surface area (Å²) < 4.78 is 18.7. The number of aromatic nitrogens is 2. The summed E-state index contributed by atoms with van der Waals surface area (Å²) in [5.41, 5.74) is 5.79. The zero-order valence-electron chi connectivity index (χ0n) is 29.5. The number of nitrogens with zero attached hydrogens (tertiary/aromatic N) is 3. The first kappa shape index (κ1) is 39.4. The lowest BCUT2D eigenvalue weighted by molar-refractivity contribution is -0.232. The molecule has 10 atom stereocenters. The van der Waals surface area contributed by atoms with Crippen LogP contribution < -0.4 is 22.3 Å². The van der Waals surface area contributed by atoms with E-state index in [1.807, 2.05) is 12.1 Å². The lowest BCUT2D eigenvalue weighted by Gasteiger charge is -2.38. The molecule has 2 saturated heterocycles. The molecule has 0 saturated carbocycles. The van der Waals surface area contributed by atoms with Crippen molar-refractivity contribution in [2.75, 3.05) is 32.5 Å². The summed E-state index contributed by atoms with van der Waals surface area (Å²) in [5.74, 6) is -1.23. The van der Waals surface area contributed by atoms with Crippen molar-refractivity contribution in [1.29, 1.82) is 0 Å². The Kier molecular flexibility index (Phi) is 13.2. The molecule has 3 aliphatic heterocycles. The number of rotatable bonds is 14. The van der Waals surface area contributed by atoms with Gasteiger partial charge in [-0.05, 0) is 43.7 Å². The third-order valence-corrected chi connectivity index (χ3v) is 9.88. The highest BCUT2D eigenvalue weighted by Crippen LogP contribution is 2.36. The van der Waals surface area contributed by atoms with Crippen LogP contribution in [0.5, 0.6) is 0 Å². The Morgan fingerprint density at radius 3 is 2.35 bits per heavy atom. The number of aliphatic hydroxyl groups is 4. The van der Waals surface area contributed by atoms with Crippen LogP contribution in [0.4, 0.5) is 5.69 Å². The van der Waals surface area contributed by atoms with E-state index in [2.05, 4.69) is 17.2 Å². The summed E-state index contributed by atoms with van der Waals surface area (Å²) in [6, 6.07) is 7.22. The predicted octanol–water partition coefficient (Wildman–Crippen LogP) is -1.25. The van der Waals surface area contributed by atoms with E-state index in [-0.39, 0.29) is 18.8 Å². The molecule has 5 rings (SSSR count). The Morgan fingerprint density at radius 1 is 0.981 bits per heavy atom. The third kappa shape index (κ3) is 8.54. The van der Waals surface area contributed by atoms with Gasteiger partial charge in [-0.25, -0.2) is 4.79 Å². The number of carbonyl (C=O) groups is 2. The first-order chi connectivity index (χ1) is 24.9. The molecule has 3 aliphatic rings. The van der Waals surface area contributed by atoms with Gasteiger partial charge in [0.15, 0.2) is 12.5 Å². The molecule has 17 heteroatoms. The molecule has 1 aromatic heterocycles. The number of ether oxygens (including phenoxy) is 3. The zero-order valence-corrected chi connectivity index (χ0v) is 29.5. The molecule has 2 aromatic rings. The molecule has 0 spiro atoms. The van der Waals surface area contributed by atoms with E-state index in [0.29, 0.717) is 5.69 Å². The van der Waals surface area contributed by atoms with E-state index in [0.717, 1.165) is 46.6 Å². The average Bonchev–Trinajstić information content (AvgIpc) is 3.52. The number of unbranched alkanes of at least 4 members (excludes halogenated alkanes) is 4. The highest BCUT2D eigenvalue weighted by Gasteiger charge is 2.55. The van der Waals surface area contributed by atoms with Crippen molar-refractivity contribution in [2.45, 2.75) is 107 Å². The minimum Gasteiger partial charge on any atom is -0.387 e. The van der Waals surface area contributed by atoms with Crippen LogP contribution in [0.2, 0.25) is 0 Å². The molecular weight excluding hydrogens is 680 g/mol. The van der Waals surface area contributed by atoms with Gasteiger partial charge >= 0.3 is 5.69 Å². The van der Waals surface area contributed by atoms with Crippen molar-refractivity contribution in [1.82, 2.24) is 19.4 Å². The Bertz CT molecular complexity index is 1680. The second-order valence-electron chi connectivity index (χ2n) is 13.5. The van der Waals surface area contributed by atoms with Crippen LogP contribution in [-0.4, -0.2) is 134 Å². The quantitative estimate of drug-likeness (QED) is 0.113. The number of hydrogen-bond donors (Lipinski definition) is 7. The third-order valence-electron chi connectivity index (χ3n) is 9.88. The summed E-state index contributed by atoms with van der Waals surface area (Å²) in [4.78, 5) is 56.9. The van der Waals surface area contributed by atoms with Gasteiger partial charge in [0.1, 0.15) is 54.5 Å². The van der Waals surface area contributed by atoms with E-state index >= 15 is 0 Å². The summed E-state index contributed by atoms with van der Waals surface area (Å²) >= 11 is 0. The van der Waals surface area contributed by atoms with Crippen molar-refractivity contribution >= 4 is 17.5 Å². The minimum atomic E-state index is -1.77. The van der Waals surface area contributed by atoms with Crippen LogP contribution in [-0.2, 0) is 30.2 Å². The van der Waals surface area contributed by atoms with Gasteiger partial charge in [0, 0.05) is 38.1 Å². The second kappa shape index (κ2) is 17.4. The Labute approximate surface area is 300 Å². The fraction of sp³-hybridized carbons (Fsp3) is 0.600. The topological polar surface area (TPSA) is 242 Å². The van der Waals surface area contributed by atoms with Gasteiger partial charge in [0.05, 0.1) is 0 Å². The number of aryl methyl sites for hydroxylation is 1. The van der Waals surface area contributed by atoms with Gasteiger partial charge in [-0.2, -0.15) is 0 Å². The number of nitrogens with two attached hydrogens (primary N) is 1. The Hall–Kier alpha value is -3.78. The van der Waals surface area contributed by atoms with Gasteiger partial charge in [0.2, 0.25) is 5.91 Å². The predicted molar refractivity (Wildman–Crippen MR) is 187 cm³/mol. The largest absolute Gasteiger partial charge is 0.387 e. The van der Waals surface area contributed by atoms with Gasteiger partial charge in [-0.1, -0.05) is 44.7 Å². The maximum absolute atomic E-state index is 14.3. The van der Waals surface area contributed by atoms with E-state index in [1.165, 1.54) is 31.2 Å². The molecule has 286 valence electrons. The number of aromatic amines is 1. The highest BCUT2D eigenvalue weighted by atomic mass is 16.7. The van der Waals surface area contributed by atoms with Crippen LogP contribution in [0.3, 0.4) is 0 Å². The normalized spacial score (nSPS) is 30.3. The summed E-state index contributed by atoms with van der Waals surface area (Å²) in [6.07, 6.45) is -4.33. The van der Waals surface area contributed by atoms with Gasteiger partial charge in [-0.3, -0.25) is 28.8 Å². The number of hydrogen-bond acceptors (Lipinski definition) is 13. The van der Waals surface area contributed by atoms with Crippen LogP contribution in [0, 0.1) is 0 Å². The molecule has 2 amide bonds. The number of amides is 2. The second-order valence-corrected chi connectivity index (χ2v) is 13.5. The monoisotopic (exact) mass is 730 g/mol. The smallest absolute Gasteiger partial charge is 0.330 e. The molecule has 8 N–H and O–H groups in total. The average molecular weight is 731 g/mol. The number of anilines is 1. The standard InChI is InChI=1S/C35H50N6O11/c1-4-5-6-7-8-9-19-10-12-20(13-11-19)37-31(47)21-14-16-39(2)24(32(48)40(21)3)29(52-34-28(46)25(43)22(18-36)50-34)30-26(44)27(45)33(51-30)41-17-15-23(42)38-35(41)49/h10-15,17,22,24-30,33-34,43-46H,4-9,16,18,36H2,1-3H3,(H,37,47)(H,38,42,49)/t22?,24-,25?,26?,27?,28?,29-,30?,33?,34?/m0/s1. The van der Waals surface area contributed by atoms with Crippen molar-refractivity contribution in [3.8, 4) is 0 Å². The summed E-state index contributed by atoms with van der Waals surface area (Å²) in [6.45, 7) is 2.03. The fourth-order valence-corrected chi connectivity index (χ4v) is 6.83. The maximum atomic E-state index is 14.3. The van der Waals surface area contributed by atoms with Crippen LogP contribution in [0.15, 0.2) is 57.9 Å². The molecule has 0 aliphatic carbocycles. The Balaban J connectivity index is 1.37. The lowest BCUT2D eigenvalue weighted by Crippen LogP contribution is -2.59. The highest BCUT2D eigenvalue weighted by molar-refractivity contribution is 6.06. The molecule has 52 heavy (non-hydrogen) atoms. The van der Waals surface area contributed by atoms with Gasteiger partial charge in [0.25, 0.3) is 11.5 Å². The summed E-state index contributed by atoms with van der Waals surface area (Å²) in [5, 5.41) is 46.5. The Morgan fingerprint density at radius 2 is 1.69 bits per heavy atom. The minimum absolute atomic E-state index is 0.0244. The molecule has 0 radical (unpaired) electrons. The van der Waals surface area contributed by atoms with Crippen LogP contribution >= 0.6 is 0 Å². The molecule has 8 unspecified atom stereocenters. The van der Waals surface area contributed by atoms with Crippen molar-refractivity contribution in [2.24, 2.45) is 5.73 Å². The van der Waals surface area contributed by atoms with Crippen molar-refractivity contribution in [3.05, 3.63) is 74.7 Å². The molecule has 4 heterocycles. The van der Waals surface area contributed by atoms with E-state index in [4.69, 9.17) is 19.9 Å². The van der Waals surface area contributed by atoms with Gasteiger partial charge < -0.3 is 50.6 Å². The number of carbonyl (C=O) groups excluding carboxylic acids is 2. The van der Waals surface area contributed by atoms with Crippen molar-refractivity contribution < 1.29 is 44.2 Å². The zero-order chi connectivity index (χ0) is 37.7. The summed E-state index contributed by atoms with van der Waals surface area (Å²) in [7, 11) is 2.97. The number of H-pyrrole nitrogens is 1. The van der Waals surface area contributed by atoms with Crippen LogP contribution in [0.1, 0.15) is 50.8 Å². The van der Waals surface area contributed by atoms with Gasteiger partial charge in [-0.15, -0.1) is 0 Å². The first-order valence-corrected chi connectivity index (χ1v) is 17.6. The maximum Gasteiger partial charge on any atom is 0.330 e. The number of aliphatic hydroxyl groups excluding tert-OH is 4. The van der Waals surface area contributed by atoms with E-state index < -0.39 is 84.4 Å². The number of nitrogens with one attached hydrogen (secondary N) is 2.